The van der Waals surface area contributed by atoms with Crippen molar-refractivity contribution in [2.45, 2.75) is 44.4 Å². The molecule has 0 aliphatic carbocycles. The molecule has 2 N–H and O–H groups in total. The minimum atomic E-state index is -0.273. The molecule has 3 unspecified atom stereocenters. The SMILES string of the molecule is CCC(N)C(OCC1CCCO1)c1cccc(F)c1. The van der Waals surface area contributed by atoms with Gasteiger partial charge in [-0.3, -0.25) is 0 Å². The maximum Gasteiger partial charge on any atom is 0.123 e. The summed E-state index contributed by atoms with van der Waals surface area (Å²) in [6.45, 7) is 3.33. The Bertz CT molecular complexity index is 393. The highest BCUT2D eigenvalue weighted by atomic mass is 19.1. The summed E-state index contributed by atoms with van der Waals surface area (Å²) in [5.41, 5.74) is 6.89. The second kappa shape index (κ2) is 6.98. The molecule has 0 amide bonds. The van der Waals surface area contributed by atoms with Crippen LogP contribution in [0.4, 0.5) is 4.39 Å². The van der Waals surface area contributed by atoms with E-state index in [1.54, 1.807) is 6.07 Å². The van der Waals surface area contributed by atoms with Crippen molar-refractivity contribution in [2.75, 3.05) is 13.2 Å². The number of halogens is 1. The minimum Gasteiger partial charge on any atom is -0.376 e. The Balaban J connectivity index is 2.02. The van der Waals surface area contributed by atoms with Crippen LogP contribution in [0.2, 0.25) is 0 Å². The van der Waals surface area contributed by atoms with Crippen molar-refractivity contribution < 1.29 is 13.9 Å². The molecule has 1 aromatic rings. The van der Waals surface area contributed by atoms with Crippen molar-refractivity contribution in [3.05, 3.63) is 35.6 Å². The van der Waals surface area contributed by atoms with Gasteiger partial charge in [0, 0.05) is 12.6 Å². The predicted molar refractivity (Wildman–Crippen MR) is 72.3 cm³/mol. The van der Waals surface area contributed by atoms with E-state index >= 15 is 0 Å². The number of hydrogen-bond acceptors (Lipinski definition) is 3. The van der Waals surface area contributed by atoms with Crippen LogP contribution in [0.3, 0.4) is 0 Å². The molecule has 0 saturated carbocycles. The molecule has 19 heavy (non-hydrogen) atoms. The van der Waals surface area contributed by atoms with Crippen LogP contribution in [-0.2, 0) is 9.47 Å². The normalized spacial score (nSPS) is 22.4. The zero-order valence-corrected chi connectivity index (χ0v) is 11.3. The van der Waals surface area contributed by atoms with E-state index in [1.165, 1.54) is 12.1 Å². The number of hydrogen-bond donors (Lipinski definition) is 1. The Morgan fingerprint density at radius 3 is 3.00 bits per heavy atom. The molecule has 0 radical (unpaired) electrons. The zero-order valence-electron chi connectivity index (χ0n) is 11.3. The Morgan fingerprint density at radius 1 is 1.53 bits per heavy atom. The van der Waals surface area contributed by atoms with Crippen LogP contribution in [-0.4, -0.2) is 25.4 Å². The van der Waals surface area contributed by atoms with Gasteiger partial charge in [-0.1, -0.05) is 19.1 Å². The molecule has 3 atom stereocenters. The number of ether oxygens (including phenoxy) is 2. The van der Waals surface area contributed by atoms with E-state index < -0.39 is 0 Å². The van der Waals surface area contributed by atoms with Gasteiger partial charge in [-0.25, -0.2) is 4.39 Å². The fourth-order valence-corrected chi connectivity index (χ4v) is 2.35. The minimum absolute atomic E-state index is 0.136. The van der Waals surface area contributed by atoms with Gasteiger partial charge >= 0.3 is 0 Å². The van der Waals surface area contributed by atoms with E-state index in [9.17, 15) is 4.39 Å². The monoisotopic (exact) mass is 267 g/mol. The third-order valence-corrected chi connectivity index (χ3v) is 3.52. The van der Waals surface area contributed by atoms with Crippen LogP contribution in [0.5, 0.6) is 0 Å². The third kappa shape index (κ3) is 4.00. The number of benzene rings is 1. The lowest BCUT2D eigenvalue weighted by Crippen LogP contribution is -2.31. The van der Waals surface area contributed by atoms with Crippen LogP contribution in [0, 0.1) is 5.82 Å². The summed E-state index contributed by atoms with van der Waals surface area (Å²) in [7, 11) is 0. The van der Waals surface area contributed by atoms with Crippen LogP contribution < -0.4 is 5.73 Å². The molecule has 0 spiro atoms. The van der Waals surface area contributed by atoms with Gasteiger partial charge in [-0.2, -0.15) is 0 Å². The van der Waals surface area contributed by atoms with Crippen molar-refractivity contribution in [2.24, 2.45) is 5.73 Å². The number of rotatable bonds is 6. The molecule has 1 heterocycles. The summed E-state index contributed by atoms with van der Waals surface area (Å²) >= 11 is 0. The maximum absolute atomic E-state index is 13.3. The van der Waals surface area contributed by atoms with E-state index in [4.69, 9.17) is 15.2 Å². The van der Waals surface area contributed by atoms with Crippen molar-refractivity contribution in [3.63, 3.8) is 0 Å². The molecule has 1 aliphatic heterocycles. The Labute approximate surface area is 113 Å². The predicted octanol–water partition coefficient (Wildman–Crippen LogP) is 2.80. The van der Waals surface area contributed by atoms with Gasteiger partial charge in [0.05, 0.1) is 18.8 Å². The van der Waals surface area contributed by atoms with Gasteiger partial charge in [0.1, 0.15) is 5.82 Å². The Morgan fingerprint density at radius 2 is 2.37 bits per heavy atom. The fourth-order valence-electron chi connectivity index (χ4n) is 2.35. The van der Waals surface area contributed by atoms with Crippen LogP contribution in [0.15, 0.2) is 24.3 Å². The topological polar surface area (TPSA) is 44.5 Å². The smallest absolute Gasteiger partial charge is 0.123 e. The van der Waals surface area contributed by atoms with E-state index in [1.807, 2.05) is 13.0 Å². The Kier molecular flexibility index (Phi) is 5.31. The van der Waals surface area contributed by atoms with Gasteiger partial charge in [-0.05, 0) is 37.0 Å². The van der Waals surface area contributed by atoms with Crippen molar-refractivity contribution in [3.8, 4) is 0 Å². The van der Waals surface area contributed by atoms with E-state index in [0.29, 0.717) is 6.61 Å². The molecule has 1 fully saturated rings. The van der Waals surface area contributed by atoms with E-state index in [0.717, 1.165) is 31.4 Å². The number of nitrogens with two attached hydrogens (primary N) is 1. The molecule has 2 rings (SSSR count). The first-order chi connectivity index (χ1) is 9.20. The summed E-state index contributed by atoms with van der Waals surface area (Å²) in [5, 5.41) is 0. The molecule has 106 valence electrons. The standard InChI is InChI=1S/C15H22FNO2/c1-2-14(17)15(11-5-3-6-12(16)9-11)19-10-13-7-4-8-18-13/h3,5-6,9,13-15H,2,4,7-8,10,17H2,1H3. The van der Waals surface area contributed by atoms with Gasteiger partial charge in [-0.15, -0.1) is 0 Å². The molecule has 0 aromatic heterocycles. The van der Waals surface area contributed by atoms with E-state index in [2.05, 4.69) is 0 Å². The first-order valence-electron chi connectivity index (χ1n) is 6.95. The zero-order chi connectivity index (χ0) is 13.7. The summed E-state index contributed by atoms with van der Waals surface area (Å²) in [4.78, 5) is 0. The van der Waals surface area contributed by atoms with Gasteiger partial charge in [0.2, 0.25) is 0 Å². The van der Waals surface area contributed by atoms with Crippen LogP contribution in [0.25, 0.3) is 0 Å². The first-order valence-corrected chi connectivity index (χ1v) is 6.95. The second-order valence-electron chi connectivity index (χ2n) is 5.02. The third-order valence-electron chi connectivity index (χ3n) is 3.52. The molecular formula is C15H22FNO2. The van der Waals surface area contributed by atoms with Gasteiger partial charge in [0.25, 0.3) is 0 Å². The van der Waals surface area contributed by atoms with Crippen molar-refractivity contribution >= 4 is 0 Å². The fraction of sp³-hybridized carbons (Fsp3) is 0.600. The highest BCUT2D eigenvalue weighted by Crippen LogP contribution is 2.24. The first kappa shape index (κ1) is 14.4. The lowest BCUT2D eigenvalue weighted by Gasteiger charge is -2.25. The largest absolute Gasteiger partial charge is 0.376 e. The Hall–Kier alpha value is -0.970. The molecule has 4 heteroatoms. The molecular weight excluding hydrogens is 245 g/mol. The van der Waals surface area contributed by atoms with Crippen LogP contribution in [0.1, 0.15) is 37.9 Å². The summed E-state index contributed by atoms with van der Waals surface area (Å²) in [6, 6.07) is 6.34. The molecule has 1 saturated heterocycles. The van der Waals surface area contributed by atoms with E-state index in [-0.39, 0.29) is 24.1 Å². The molecule has 1 aliphatic rings. The molecule has 1 aromatic carbocycles. The average molecular weight is 267 g/mol. The quantitative estimate of drug-likeness (QED) is 0.862. The average Bonchev–Trinajstić information content (AvgIpc) is 2.92. The lowest BCUT2D eigenvalue weighted by molar-refractivity contribution is -0.0311. The summed E-state index contributed by atoms with van der Waals surface area (Å²) in [6.07, 6.45) is 2.77. The van der Waals surface area contributed by atoms with Crippen molar-refractivity contribution in [1.29, 1.82) is 0 Å². The summed E-state index contributed by atoms with van der Waals surface area (Å²) in [5.74, 6) is -0.258. The molecule has 0 bridgehead atoms. The van der Waals surface area contributed by atoms with Crippen molar-refractivity contribution in [1.82, 2.24) is 0 Å². The highest BCUT2D eigenvalue weighted by molar-refractivity contribution is 5.20. The summed E-state index contributed by atoms with van der Waals surface area (Å²) < 4.78 is 24.8. The highest BCUT2D eigenvalue weighted by Gasteiger charge is 2.23. The van der Waals surface area contributed by atoms with Crippen LogP contribution >= 0.6 is 0 Å². The maximum atomic E-state index is 13.3. The lowest BCUT2D eigenvalue weighted by atomic mass is 10.0. The van der Waals surface area contributed by atoms with Gasteiger partial charge < -0.3 is 15.2 Å². The molecule has 3 nitrogen and oxygen atoms in total. The second-order valence-corrected chi connectivity index (χ2v) is 5.02. The van der Waals surface area contributed by atoms with Gasteiger partial charge in [0.15, 0.2) is 0 Å².